The van der Waals surface area contributed by atoms with Crippen LogP contribution in [0.2, 0.25) is 0 Å². The third-order valence-corrected chi connectivity index (χ3v) is 4.48. The number of thiazole rings is 1. The van der Waals surface area contributed by atoms with Gasteiger partial charge in [-0.25, -0.2) is 4.68 Å². The van der Waals surface area contributed by atoms with Crippen LogP contribution < -0.4 is 14.3 Å². The Bertz CT molecular complexity index is 984. The number of aromatic nitrogens is 1. The summed E-state index contributed by atoms with van der Waals surface area (Å²) < 4.78 is 18.2. The van der Waals surface area contributed by atoms with E-state index in [4.69, 9.17) is 13.9 Å². The second-order valence-electron chi connectivity index (χ2n) is 5.41. The Kier molecular flexibility index (Phi) is 6.27. The molecule has 7 heteroatoms. The molecule has 0 amide bonds. The van der Waals surface area contributed by atoms with Crippen molar-refractivity contribution in [2.45, 2.75) is 6.92 Å². The quantitative estimate of drug-likeness (QED) is 0.433. The van der Waals surface area contributed by atoms with Gasteiger partial charge in [0.15, 0.2) is 17.3 Å². The van der Waals surface area contributed by atoms with Gasteiger partial charge in [-0.1, -0.05) is 6.08 Å². The van der Waals surface area contributed by atoms with Crippen LogP contribution in [0.5, 0.6) is 11.5 Å². The first kappa shape index (κ1) is 18.7. The van der Waals surface area contributed by atoms with Gasteiger partial charge in [0.25, 0.3) is 0 Å². The third-order valence-electron chi connectivity index (χ3n) is 3.62. The molecule has 3 rings (SSSR count). The molecule has 140 valence electrons. The van der Waals surface area contributed by atoms with Crippen LogP contribution in [-0.2, 0) is 0 Å². The van der Waals surface area contributed by atoms with Crippen LogP contribution >= 0.6 is 11.3 Å². The summed E-state index contributed by atoms with van der Waals surface area (Å²) in [4.78, 5) is 5.26. The van der Waals surface area contributed by atoms with Crippen molar-refractivity contribution in [3.05, 3.63) is 65.0 Å². The maximum absolute atomic E-state index is 5.55. The first-order chi connectivity index (χ1) is 13.3. The molecule has 0 aliphatic heterocycles. The van der Waals surface area contributed by atoms with E-state index in [2.05, 4.69) is 16.7 Å². The van der Waals surface area contributed by atoms with E-state index in [1.54, 1.807) is 30.3 Å². The predicted molar refractivity (Wildman–Crippen MR) is 108 cm³/mol. The van der Waals surface area contributed by atoms with E-state index in [-0.39, 0.29) is 0 Å². The first-order valence-corrected chi connectivity index (χ1v) is 9.35. The lowest BCUT2D eigenvalue weighted by Gasteiger charge is -2.09. The lowest BCUT2D eigenvalue weighted by Crippen LogP contribution is -2.12. The summed E-state index contributed by atoms with van der Waals surface area (Å²) in [5.41, 5.74) is 1.72. The maximum Gasteiger partial charge on any atom is 0.206 e. The summed E-state index contributed by atoms with van der Waals surface area (Å²) in [6.07, 6.45) is 5.14. The topological polar surface area (TPSA) is 61.2 Å². The summed E-state index contributed by atoms with van der Waals surface area (Å²) in [6.45, 7) is 6.75. The summed E-state index contributed by atoms with van der Waals surface area (Å²) in [6, 6.07) is 9.42. The molecule has 27 heavy (non-hydrogen) atoms. The monoisotopic (exact) mass is 383 g/mol. The van der Waals surface area contributed by atoms with Gasteiger partial charge in [-0.2, -0.15) is 5.10 Å². The van der Waals surface area contributed by atoms with Crippen LogP contribution in [0.3, 0.4) is 0 Å². The number of methoxy groups -OCH3 is 1. The predicted octanol–water partition coefficient (Wildman–Crippen LogP) is 4.19. The van der Waals surface area contributed by atoms with Crippen molar-refractivity contribution < 1.29 is 13.9 Å². The fourth-order valence-corrected chi connectivity index (χ4v) is 3.25. The van der Waals surface area contributed by atoms with Crippen LogP contribution in [-0.4, -0.2) is 31.2 Å². The van der Waals surface area contributed by atoms with Gasteiger partial charge in [-0.05, 0) is 42.8 Å². The Labute approximate surface area is 161 Å². The molecule has 0 spiro atoms. The second-order valence-corrected chi connectivity index (χ2v) is 6.25. The molecule has 0 fully saturated rings. The molecular weight excluding hydrogens is 362 g/mol. The summed E-state index contributed by atoms with van der Waals surface area (Å²) in [7, 11) is 1.62. The number of nitrogens with zero attached hydrogens (tertiary/aromatic N) is 3. The van der Waals surface area contributed by atoms with E-state index in [1.807, 2.05) is 42.6 Å². The Balaban J connectivity index is 1.99. The molecule has 0 bridgehead atoms. The van der Waals surface area contributed by atoms with Crippen LogP contribution in [0.1, 0.15) is 12.5 Å². The van der Waals surface area contributed by atoms with E-state index in [0.29, 0.717) is 24.7 Å². The van der Waals surface area contributed by atoms with Crippen molar-refractivity contribution in [1.29, 1.82) is 0 Å². The van der Waals surface area contributed by atoms with Gasteiger partial charge in [0, 0.05) is 5.38 Å². The molecule has 6 nitrogen and oxygen atoms in total. The zero-order valence-corrected chi connectivity index (χ0v) is 16.1. The standard InChI is InChI=1S/C20H21N3O3S/c1-4-10-21-20-23(16(14-27-20)17-7-6-11-26-17)22-13-15-8-9-18(25-5-2)19(12-15)24-3/h4,6-9,11-14H,1,5,10H2,2-3H3. The number of hydrogen-bond acceptors (Lipinski definition) is 6. The zero-order chi connectivity index (χ0) is 19.1. The van der Waals surface area contributed by atoms with Gasteiger partial charge in [0.05, 0.1) is 32.7 Å². The Hall–Kier alpha value is -3.06. The van der Waals surface area contributed by atoms with Gasteiger partial charge in [0.2, 0.25) is 4.80 Å². The lowest BCUT2D eigenvalue weighted by atomic mass is 10.2. The SMILES string of the molecule is C=CCN=c1scc(-c2ccco2)n1N=Cc1ccc(OCC)c(OC)c1. The molecule has 0 N–H and O–H groups in total. The summed E-state index contributed by atoms with van der Waals surface area (Å²) >= 11 is 1.50. The normalized spacial score (nSPS) is 11.9. The van der Waals surface area contributed by atoms with Crippen molar-refractivity contribution in [1.82, 2.24) is 4.68 Å². The smallest absolute Gasteiger partial charge is 0.206 e. The highest BCUT2D eigenvalue weighted by atomic mass is 32.1. The average Bonchev–Trinajstić information content (AvgIpc) is 3.35. The van der Waals surface area contributed by atoms with E-state index >= 15 is 0 Å². The molecule has 0 radical (unpaired) electrons. The lowest BCUT2D eigenvalue weighted by molar-refractivity contribution is 0.311. The second kappa shape index (κ2) is 9.05. The molecule has 2 aromatic heterocycles. The first-order valence-electron chi connectivity index (χ1n) is 8.47. The van der Waals surface area contributed by atoms with Crippen LogP contribution in [0.15, 0.2) is 69.1 Å². The molecular formula is C20H21N3O3S. The fourth-order valence-electron chi connectivity index (χ4n) is 2.42. The van der Waals surface area contributed by atoms with Gasteiger partial charge in [-0.15, -0.1) is 17.9 Å². The number of hydrogen-bond donors (Lipinski definition) is 0. The van der Waals surface area contributed by atoms with E-state index < -0.39 is 0 Å². The van der Waals surface area contributed by atoms with Gasteiger partial charge in [-0.3, -0.25) is 4.99 Å². The summed E-state index contributed by atoms with van der Waals surface area (Å²) in [5.74, 6) is 2.10. The molecule has 0 aliphatic rings. The van der Waals surface area contributed by atoms with Gasteiger partial charge < -0.3 is 13.9 Å². The van der Waals surface area contributed by atoms with Crippen molar-refractivity contribution >= 4 is 17.6 Å². The highest BCUT2D eigenvalue weighted by Crippen LogP contribution is 2.27. The molecule has 0 saturated carbocycles. The molecule has 3 aromatic rings. The summed E-state index contributed by atoms with van der Waals surface area (Å²) in [5, 5.41) is 6.58. The van der Waals surface area contributed by atoms with Crippen LogP contribution in [0, 0.1) is 0 Å². The highest BCUT2D eigenvalue weighted by molar-refractivity contribution is 7.07. The Morgan fingerprint density at radius 1 is 1.30 bits per heavy atom. The largest absolute Gasteiger partial charge is 0.493 e. The minimum Gasteiger partial charge on any atom is -0.493 e. The Morgan fingerprint density at radius 3 is 2.89 bits per heavy atom. The minimum atomic E-state index is 0.518. The minimum absolute atomic E-state index is 0.518. The van der Waals surface area contributed by atoms with Crippen molar-refractivity contribution in [3.63, 3.8) is 0 Å². The number of benzene rings is 1. The number of ether oxygens (including phenoxy) is 2. The molecule has 0 aliphatic carbocycles. The zero-order valence-electron chi connectivity index (χ0n) is 15.3. The van der Waals surface area contributed by atoms with Crippen LogP contribution in [0.25, 0.3) is 11.5 Å². The number of rotatable bonds is 8. The number of furan rings is 1. The van der Waals surface area contributed by atoms with Gasteiger partial charge in [0.1, 0.15) is 5.69 Å². The molecule has 0 unspecified atom stereocenters. The Morgan fingerprint density at radius 2 is 2.19 bits per heavy atom. The van der Waals surface area contributed by atoms with Crippen LogP contribution in [0.4, 0.5) is 0 Å². The third kappa shape index (κ3) is 4.38. The van der Waals surface area contributed by atoms with Crippen molar-refractivity contribution in [3.8, 4) is 23.0 Å². The molecule has 0 saturated heterocycles. The van der Waals surface area contributed by atoms with Crippen molar-refractivity contribution in [2.75, 3.05) is 20.3 Å². The van der Waals surface area contributed by atoms with E-state index in [0.717, 1.165) is 21.8 Å². The molecule has 2 heterocycles. The fraction of sp³-hybridized carbons (Fsp3) is 0.200. The maximum atomic E-state index is 5.55. The van der Waals surface area contributed by atoms with E-state index in [1.165, 1.54) is 11.3 Å². The van der Waals surface area contributed by atoms with Gasteiger partial charge >= 0.3 is 0 Å². The molecule has 0 atom stereocenters. The average molecular weight is 383 g/mol. The van der Waals surface area contributed by atoms with Crippen molar-refractivity contribution in [2.24, 2.45) is 10.1 Å². The molecule has 1 aromatic carbocycles. The highest BCUT2D eigenvalue weighted by Gasteiger charge is 2.10. The van der Waals surface area contributed by atoms with E-state index in [9.17, 15) is 0 Å².